The molecule has 6 amide bonds. The molecule has 0 radical (unpaired) electrons. The highest BCUT2D eigenvalue weighted by Crippen LogP contribution is 2.32. The van der Waals surface area contributed by atoms with Crippen LogP contribution in [0.2, 0.25) is 0 Å². The van der Waals surface area contributed by atoms with Gasteiger partial charge in [-0.25, -0.2) is 4.79 Å². The zero-order chi connectivity index (χ0) is 30.5. The van der Waals surface area contributed by atoms with Gasteiger partial charge in [0.2, 0.25) is 23.6 Å². The van der Waals surface area contributed by atoms with E-state index in [1.165, 1.54) is 12.1 Å². The summed E-state index contributed by atoms with van der Waals surface area (Å²) in [6.07, 6.45) is 2.27. The van der Waals surface area contributed by atoms with Crippen molar-refractivity contribution >= 4 is 47.1 Å². The number of carboxylic acids is 1. The van der Waals surface area contributed by atoms with Crippen molar-refractivity contribution in [3.63, 3.8) is 0 Å². The molecule has 4 N–H and O–H groups in total. The molecule has 15 heteroatoms. The Morgan fingerprint density at radius 2 is 1.67 bits per heavy atom. The lowest BCUT2D eigenvalue weighted by Gasteiger charge is -2.27. The highest BCUT2D eigenvalue weighted by molar-refractivity contribution is 6.26. The normalized spacial score (nSPS) is 16.3. The van der Waals surface area contributed by atoms with E-state index >= 15 is 0 Å². The first-order valence-electron chi connectivity index (χ1n) is 13.5. The molecular weight excluding hydrogens is 556 g/mol. The number of benzene rings is 1. The standard InChI is InChI=1S/C27H34N4O11/c32-20(7-2-1-3-11-40-13-14-41-12-10-28-22(34)15-42-16-23(35)36)29-18-6-4-5-17-24(18)27(39)31(26(17)38)19-8-9-21(33)30-25(19)37/h4-6,19H,1-3,7-16H2,(H,28,34)(H,29,32)(H,35,36)(H,30,33,37). The van der Waals surface area contributed by atoms with Gasteiger partial charge in [-0.15, -0.1) is 0 Å². The van der Waals surface area contributed by atoms with Crippen LogP contribution in [0.15, 0.2) is 18.2 Å². The highest BCUT2D eigenvalue weighted by Gasteiger charge is 2.45. The maximum Gasteiger partial charge on any atom is 0.329 e. The Hall–Kier alpha value is -4.21. The van der Waals surface area contributed by atoms with Gasteiger partial charge >= 0.3 is 5.97 Å². The molecule has 1 aromatic carbocycles. The van der Waals surface area contributed by atoms with Crippen LogP contribution in [0.4, 0.5) is 5.69 Å². The predicted molar refractivity (Wildman–Crippen MR) is 143 cm³/mol. The Labute approximate surface area is 241 Å². The number of carbonyl (C=O) groups excluding carboxylic acids is 6. The number of fused-ring (bicyclic) bond motifs is 1. The van der Waals surface area contributed by atoms with Crippen molar-refractivity contribution in [2.75, 3.05) is 51.5 Å². The van der Waals surface area contributed by atoms with Crippen molar-refractivity contribution in [3.8, 4) is 0 Å². The zero-order valence-corrected chi connectivity index (χ0v) is 23.0. The minimum atomic E-state index is -1.15. The maximum atomic E-state index is 13.1. The van der Waals surface area contributed by atoms with Crippen LogP contribution in [0.3, 0.4) is 0 Å². The number of hydrogen-bond donors (Lipinski definition) is 4. The molecule has 2 aliphatic rings. The summed E-state index contributed by atoms with van der Waals surface area (Å²) in [5, 5.41) is 15.8. The first-order valence-corrected chi connectivity index (χ1v) is 13.5. The molecule has 1 aromatic rings. The minimum absolute atomic E-state index is 0.0174. The number of imide groups is 2. The smallest absolute Gasteiger partial charge is 0.329 e. The average Bonchev–Trinajstić information content (AvgIpc) is 3.19. The Kier molecular flexibility index (Phi) is 12.5. The van der Waals surface area contributed by atoms with Gasteiger partial charge in [0.15, 0.2) is 0 Å². The summed E-state index contributed by atoms with van der Waals surface area (Å²) >= 11 is 0. The van der Waals surface area contributed by atoms with E-state index in [4.69, 9.17) is 14.6 Å². The molecule has 0 aliphatic carbocycles. The molecule has 42 heavy (non-hydrogen) atoms. The molecular formula is C27H34N4O11. The molecule has 1 saturated heterocycles. The Morgan fingerprint density at radius 3 is 2.40 bits per heavy atom. The van der Waals surface area contributed by atoms with Crippen LogP contribution < -0.4 is 16.0 Å². The minimum Gasteiger partial charge on any atom is -0.480 e. The van der Waals surface area contributed by atoms with Gasteiger partial charge in [0.25, 0.3) is 11.8 Å². The van der Waals surface area contributed by atoms with E-state index in [0.29, 0.717) is 32.7 Å². The largest absolute Gasteiger partial charge is 0.480 e. The van der Waals surface area contributed by atoms with E-state index in [2.05, 4.69) is 20.7 Å². The van der Waals surface area contributed by atoms with Crippen LogP contribution in [0.1, 0.15) is 59.2 Å². The van der Waals surface area contributed by atoms with E-state index in [9.17, 15) is 33.6 Å². The Morgan fingerprint density at radius 1 is 0.905 bits per heavy atom. The molecule has 228 valence electrons. The number of anilines is 1. The van der Waals surface area contributed by atoms with Crippen LogP contribution in [0, 0.1) is 0 Å². The molecule has 0 aromatic heterocycles. The molecule has 3 rings (SSSR count). The second kappa shape index (κ2) is 16.3. The molecule has 2 aliphatic heterocycles. The number of piperidine rings is 1. The van der Waals surface area contributed by atoms with Crippen molar-refractivity contribution in [2.24, 2.45) is 0 Å². The van der Waals surface area contributed by atoms with Crippen LogP contribution in [-0.4, -0.2) is 104 Å². The van der Waals surface area contributed by atoms with Crippen molar-refractivity contribution in [1.82, 2.24) is 15.5 Å². The third-order valence-corrected chi connectivity index (χ3v) is 6.33. The van der Waals surface area contributed by atoms with Crippen molar-refractivity contribution in [2.45, 2.75) is 44.6 Å². The quantitative estimate of drug-likeness (QED) is 0.130. The van der Waals surface area contributed by atoms with E-state index in [1.54, 1.807) is 6.07 Å². The second-order valence-corrected chi connectivity index (χ2v) is 9.50. The fourth-order valence-electron chi connectivity index (χ4n) is 4.36. The topological polar surface area (TPSA) is 207 Å². The van der Waals surface area contributed by atoms with E-state index in [-0.39, 0.29) is 61.7 Å². The summed E-state index contributed by atoms with van der Waals surface area (Å²) in [7, 11) is 0. The number of rotatable bonds is 18. The number of hydrogen-bond acceptors (Lipinski definition) is 10. The van der Waals surface area contributed by atoms with Crippen LogP contribution in [0.25, 0.3) is 0 Å². The third kappa shape index (κ3) is 9.43. The molecule has 0 spiro atoms. The highest BCUT2D eigenvalue weighted by atomic mass is 16.5. The molecule has 1 fully saturated rings. The molecule has 2 heterocycles. The van der Waals surface area contributed by atoms with Crippen LogP contribution in [0.5, 0.6) is 0 Å². The summed E-state index contributed by atoms with van der Waals surface area (Å²) in [4.78, 5) is 84.8. The fourth-order valence-corrected chi connectivity index (χ4v) is 4.36. The Bertz CT molecular complexity index is 1200. The van der Waals surface area contributed by atoms with Gasteiger partial charge < -0.3 is 30.0 Å². The first-order chi connectivity index (χ1) is 20.2. The average molecular weight is 591 g/mol. The number of amides is 6. The monoisotopic (exact) mass is 590 g/mol. The van der Waals surface area contributed by atoms with Gasteiger partial charge in [-0.05, 0) is 31.4 Å². The van der Waals surface area contributed by atoms with Crippen LogP contribution in [-0.2, 0) is 38.2 Å². The third-order valence-electron chi connectivity index (χ3n) is 6.33. The van der Waals surface area contributed by atoms with E-state index < -0.39 is 48.2 Å². The number of unbranched alkanes of at least 4 members (excludes halogenated alkanes) is 2. The summed E-state index contributed by atoms with van der Waals surface area (Å²) in [6.45, 7) is 0.811. The van der Waals surface area contributed by atoms with Crippen LogP contribution >= 0.6 is 0 Å². The van der Waals surface area contributed by atoms with Gasteiger partial charge in [-0.1, -0.05) is 12.5 Å². The summed E-state index contributed by atoms with van der Waals surface area (Å²) < 4.78 is 15.5. The van der Waals surface area contributed by atoms with Gasteiger partial charge in [-0.3, -0.25) is 39.0 Å². The van der Waals surface area contributed by atoms with Gasteiger partial charge in [-0.2, -0.15) is 0 Å². The number of carboxylic acid groups (broad SMARTS) is 1. The summed E-state index contributed by atoms with van der Waals surface area (Å²) in [5.74, 6) is -4.39. The summed E-state index contributed by atoms with van der Waals surface area (Å²) in [5.41, 5.74) is 0.319. The zero-order valence-electron chi connectivity index (χ0n) is 23.0. The molecule has 1 atom stereocenters. The van der Waals surface area contributed by atoms with Crippen molar-refractivity contribution in [3.05, 3.63) is 29.3 Å². The molecule has 1 unspecified atom stereocenters. The van der Waals surface area contributed by atoms with Gasteiger partial charge in [0, 0.05) is 26.0 Å². The van der Waals surface area contributed by atoms with E-state index in [1.807, 2.05) is 0 Å². The predicted octanol–water partition coefficient (Wildman–Crippen LogP) is -0.163. The molecule has 0 bridgehead atoms. The molecule has 0 saturated carbocycles. The first kappa shape index (κ1) is 32.3. The number of aliphatic carboxylic acids is 1. The maximum absolute atomic E-state index is 13.1. The lowest BCUT2D eigenvalue weighted by molar-refractivity contribution is -0.143. The molecule has 15 nitrogen and oxygen atoms in total. The second-order valence-electron chi connectivity index (χ2n) is 9.50. The lowest BCUT2D eigenvalue weighted by Crippen LogP contribution is -2.54. The van der Waals surface area contributed by atoms with Crippen molar-refractivity contribution < 1.29 is 52.9 Å². The number of nitrogens with zero attached hydrogens (tertiary/aromatic N) is 1. The number of carbonyl (C=O) groups is 7. The van der Waals surface area contributed by atoms with Crippen molar-refractivity contribution in [1.29, 1.82) is 0 Å². The number of nitrogens with one attached hydrogen (secondary N) is 3. The fraction of sp³-hybridized carbons (Fsp3) is 0.519. The van der Waals surface area contributed by atoms with Gasteiger partial charge in [0.1, 0.15) is 19.3 Å². The van der Waals surface area contributed by atoms with Gasteiger partial charge in [0.05, 0.1) is 36.6 Å². The summed E-state index contributed by atoms with van der Waals surface area (Å²) in [6, 6.07) is 3.45. The van der Waals surface area contributed by atoms with E-state index in [0.717, 1.165) is 11.3 Å². The lowest BCUT2D eigenvalue weighted by atomic mass is 10.0. The SMILES string of the molecule is O=C(O)COCC(=O)NCCOCCOCCCCCC(=O)Nc1cccc2c1C(=O)N(C1CCC(=O)NC1=O)C2=O. The number of ether oxygens (including phenoxy) is 3. The Balaban J connectivity index is 1.27.